The maximum atomic E-state index is 14.3. The summed E-state index contributed by atoms with van der Waals surface area (Å²) in [5.74, 6) is 0.653. The van der Waals surface area contributed by atoms with Crippen LogP contribution in [0, 0.1) is 5.82 Å². The SMILES string of the molecule is CCNC(=NCC(C)(C)c1ccccc1F)N1CCOC(c2cnn(C)c2)C1. The molecule has 0 radical (unpaired) electrons. The average Bonchev–Trinajstić information content (AvgIpc) is 3.12. The Bertz CT molecular complexity index is 817. The number of hydrogen-bond donors (Lipinski definition) is 1. The number of nitrogens with zero attached hydrogens (tertiary/aromatic N) is 4. The average molecular weight is 388 g/mol. The van der Waals surface area contributed by atoms with Gasteiger partial charge in [-0.15, -0.1) is 0 Å². The van der Waals surface area contributed by atoms with Crippen LogP contribution in [0.4, 0.5) is 4.39 Å². The van der Waals surface area contributed by atoms with Crippen LogP contribution in [-0.4, -0.2) is 53.4 Å². The summed E-state index contributed by atoms with van der Waals surface area (Å²) in [5.41, 5.74) is 1.35. The third kappa shape index (κ3) is 4.70. The van der Waals surface area contributed by atoms with Crippen molar-refractivity contribution in [2.45, 2.75) is 32.3 Å². The van der Waals surface area contributed by atoms with Crippen molar-refractivity contribution in [2.24, 2.45) is 12.0 Å². The fourth-order valence-corrected chi connectivity index (χ4v) is 3.44. The Kier molecular flexibility index (Phi) is 6.34. The lowest BCUT2D eigenvalue weighted by atomic mass is 9.84. The van der Waals surface area contributed by atoms with Crippen molar-refractivity contribution in [3.8, 4) is 0 Å². The molecular weight excluding hydrogens is 357 g/mol. The van der Waals surface area contributed by atoms with Crippen molar-refractivity contribution in [3.05, 3.63) is 53.6 Å². The summed E-state index contributed by atoms with van der Waals surface area (Å²) in [6, 6.07) is 6.93. The Morgan fingerprint density at radius 3 is 2.86 bits per heavy atom. The third-order valence-corrected chi connectivity index (χ3v) is 5.02. The van der Waals surface area contributed by atoms with E-state index in [4.69, 9.17) is 9.73 Å². The van der Waals surface area contributed by atoms with Crippen LogP contribution in [0.2, 0.25) is 0 Å². The lowest BCUT2D eigenvalue weighted by Gasteiger charge is -2.35. The number of aliphatic imine (C=N–C) groups is 1. The summed E-state index contributed by atoms with van der Waals surface area (Å²) in [4.78, 5) is 7.06. The molecule has 0 aliphatic carbocycles. The van der Waals surface area contributed by atoms with Gasteiger partial charge in [-0.05, 0) is 18.6 Å². The molecule has 1 fully saturated rings. The zero-order valence-electron chi connectivity index (χ0n) is 17.2. The van der Waals surface area contributed by atoms with Crippen LogP contribution >= 0.6 is 0 Å². The van der Waals surface area contributed by atoms with Crippen molar-refractivity contribution in [2.75, 3.05) is 32.8 Å². The molecule has 6 nitrogen and oxygen atoms in total. The largest absolute Gasteiger partial charge is 0.370 e. The van der Waals surface area contributed by atoms with E-state index in [9.17, 15) is 4.39 Å². The van der Waals surface area contributed by atoms with Crippen molar-refractivity contribution in [3.63, 3.8) is 0 Å². The van der Waals surface area contributed by atoms with Gasteiger partial charge in [0.15, 0.2) is 5.96 Å². The molecule has 1 aliphatic rings. The standard InChI is InChI=1S/C21H30FN5O/c1-5-23-20(24-15-21(2,3)17-8-6-7-9-18(17)22)27-10-11-28-19(14-27)16-12-25-26(4)13-16/h6-9,12-13,19H,5,10-11,14-15H2,1-4H3,(H,23,24). The maximum Gasteiger partial charge on any atom is 0.194 e. The summed E-state index contributed by atoms with van der Waals surface area (Å²) < 4.78 is 22.0. The Morgan fingerprint density at radius 1 is 1.39 bits per heavy atom. The number of hydrogen-bond acceptors (Lipinski definition) is 3. The molecule has 7 heteroatoms. The Morgan fingerprint density at radius 2 is 2.18 bits per heavy atom. The fraction of sp³-hybridized carbons (Fsp3) is 0.524. The van der Waals surface area contributed by atoms with Gasteiger partial charge in [0, 0.05) is 37.3 Å². The Hall–Kier alpha value is -2.41. The van der Waals surface area contributed by atoms with Crippen molar-refractivity contribution in [1.29, 1.82) is 0 Å². The Labute approximate surface area is 166 Å². The first-order valence-electron chi connectivity index (χ1n) is 9.79. The van der Waals surface area contributed by atoms with Gasteiger partial charge in [-0.3, -0.25) is 9.67 Å². The molecule has 1 atom stereocenters. The van der Waals surface area contributed by atoms with E-state index in [0.29, 0.717) is 25.3 Å². The van der Waals surface area contributed by atoms with Crippen LogP contribution in [0.25, 0.3) is 0 Å². The number of ether oxygens (including phenoxy) is 1. The zero-order chi connectivity index (χ0) is 20.1. The van der Waals surface area contributed by atoms with Gasteiger partial charge in [0.1, 0.15) is 11.9 Å². The van der Waals surface area contributed by atoms with Crippen molar-refractivity contribution >= 4 is 5.96 Å². The van der Waals surface area contributed by atoms with Gasteiger partial charge < -0.3 is 15.0 Å². The van der Waals surface area contributed by atoms with E-state index in [2.05, 4.69) is 22.2 Å². The van der Waals surface area contributed by atoms with Crippen LogP contribution in [0.5, 0.6) is 0 Å². The number of aromatic nitrogens is 2. The lowest BCUT2D eigenvalue weighted by Crippen LogP contribution is -2.48. The van der Waals surface area contributed by atoms with Gasteiger partial charge in [-0.1, -0.05) is 32.0 Å². The lowest BCUT2D eigenvalue weighted by molar-refractivity contribution is -0.00806. The van der Waals surface area contributed by atoms with Gasteiger partial charge >= 0.3 is 0 Å². The predicted octanol–water partition coefficient (Wildman–Crippen LogP) is 2.88. The van der Waals surface area contributed by atoms with Crippen LogP contribution < -0.4 is 5.32 Å². The quantitative estimate of drug-likeness (QED) is 0.633. The second kappa shape index (κ2) is 8.73. The van der Waals surface area contributed by atoms with E-state index in [1.807, 2.05) is 45.4 Å². The monoisotopic (exact) mass is 387 g/mol. The molecule has 2 aromatic rings. The first-order chi connectivity index (χ1) is 13.4. The highest BCUT2D eigenvalue weighted by atomic mass is 19.1. The van der Waals surface area contributed by atoms with E-state index in [1.54, 1.807) is 10.7 Å². The minimum Gasteiger partial charge on any atom is -0.370 e. The van der Waals surface area contributed by atoms with Gasteiger partial charge in [0.2, 0.25) is 0 Å². The summed E-state index contributed by atoms with van der Waals surface area (Å²) in [7, 11) is 1.90. The highest BCUT2D eigenvalue weighted by molar-refractivity contribution is 5.80. The van der Waals surface area contributed by atoms with Gasteiger partial charge in [0.05, 0.1) is 25.9 Å². The number of benzene rings is 1. The van der Waals surface area contributed by atoms with Crippen molar-refractivity contribution < 1.29 is 9.13 Å². The molecule has 1 aliphatic heterocycles. The second-order valence-electron chi connectivity index (χ2n) is 7.79. The van der Waals surface area contributed by atoms with E-state index < -0.39 is 5.41 Å². The number of halogens is 1. The molecule has 1 aromatic carbocycles. The molecule has 2 heterocycles. The molecule has 1 aromatic heterocycles. The molecule has 0 spiro atoms. The maximum absolute atomic E-state index is 14.3. The molecule has 0 saturated carbocycles. The molecule has 152 valence electrons. The molecule has 0 bridgehead atoms. The minimum absolute atomic E-state index is 0.0362. The van der Waals surface area contributed by atoms with E-state index in [1.165, 1.54) is 6.07 Å². The third-order valence-electron chi connectivity index (χ3n) is 5.02. The summed E-state index contributed by atoms with van der Waals surface area (Å²) in [6.07, 6.45) is 3.80. The van der Waals surface area contributed by atoms with E-state index in [-0.39, 0.29) is 11.9 Å². The summed E-state index contributed by atoms with van der Waals surface area (Å²) in [5, 5.41) is 7.62. The van der Waals surface area contributed by atoms with Gasteiger partial charge in [-0.25, -0.2) is 4.39 Å². The van der Waals surface area contributed by atoms with Gasteiger partial charge in [-0.2, -0.15) is 5.10 Å². The van der Waals surface area contributed by atoms with Crippen LogP contribution in [0.15, 0.2) is 41.7 Å². The molecule has 1 N–H and O–H groups in total. The molecular formula is C21H30FN5O. The van der Waals surface area contributed by atoms with Crippen molar-refractivity contribution in [1.82, 2.24) is 20.0 Å². The zero-order valence-corrected chi connectivity index (χ0v) is 17.2. The molecule has 1 saturated heterocycles. The van der Waals surface area contributed by atoms with Crippen LogP contribution in [0.1, 0.15) is 38.0 Å². The molecule has 0 amide bonds. The summed E-state index contributed by atoms with van der Waals surface area (Å²) in [6.45, 7) is 9.46. The molecule has 1 unspecified atom stereocenters. The number of aryl methyl sites for hydroxylation is 1. The van der Waals surface area contributed by atoms with Crippen LogP contribution in [0.3, 0.4) is 0 Å². The number of guanidine groups is 1. The summed E-state index contributed by atoms with van der Waals surface area (Å²) >= 11 is 0. The normalized spacial score (nSPS) is 18.4. The Balaban J connectivity index is 1.75. The highest BCUT2D eigenvalue weighted by Gasteiger charge is 2.27. The smallest absolute Gasteiger partial charge is 0.194 e. The second-order valence-corrected chi connectivity index (χ2v) is 7.79. The predicted molar refractivity (Wildman–Crippen MR) is 109 cm³/mol. The molecule has 3 rings (SSSR count). The minimum atomic E-state index is -0.402. The van der Waals surface area contributed by atoms with Crippen LogP contribution in [-0.2, 0) is 17.2 Å². The van der Waals surface area contributed by atoms with E-state index >= 15 is 0 Å². The van der Waals surface area contributed by atoms with E-state index in [0.717, 1.165) is 24.6 Å². The number of rotatable bonds is 5. The highest BCUT2D eigenvalue weighted by Crippen LogP contribution is 2.26. The number of nitrogens with one attached hydrogen (secondary N) is 1. The first kappa shape index (κ1) is 20.3. The first-order valence-corrected chi connectivity index (χ1v) is 9.79. The fourth-order valence-electron chi connectivity index (χ4n) is 3.44. The number of morpholine rings is 1. The topological polar surface area (TPSA) is 54.7 Å². The van der Waals surface area contributed by atoms with Gasteiger partial charge in [0.25, 0.3) is 0 Å². The molecule has 28 heavy (non-hydrogen) atoms.